The minimum absolute atomic E-state index is 0.196. The van der Waals surface area contributed by atoms with Crippen LogP contribution in [0.3, 0.4) is 0 Å². The number of hydrogen-bond acceptors (Lipinski definition) is 6. The third kappa shape index (κ3) is 3.84. The average Bonchev–Trinajstić information content (AvgIpc) is 2.62. The number of para-hydroxylation sites is 1. The quantitative estimate of drug-likeness (QED) is 0.599. The van der Waals surface area contributed by atoms with Gasteiger partial charge in [-0.2, -0.15) is 0 Å². The zero-order valence-electron chi connectivity index (χ0n) is 13.7. The van der Waals surface area contributed by atoms with Crippen molar-refractivity contribution in [3.05, 3.63) is 53.6 Å². The Morgan fingerprint density at radius 2 is 1.33 bits per heavy atom. The molecule has 0 bridgehead atoms. The minimum atomic E-state index is -0.590. The summed E-state index contributed by atoms with van der Waals surface area (Å²) in [4.78, 5) is 23.9. The molecule has 0 radical (unpaired) electrons. The maximum atomic E-state index is 12.3. The fraction of sp³-hybridized carbons (Fsp3) is 0.222. The minimum Gasteiger partial charge on any atom is -0.493 e. The van der Waals surface area contributed by atoms with E-state index in [-0.39, 0.29) is 17.9 Å². The normalized spacial score (nSPS) is 9.96. The van der Waals surface area contributed by atoms with Crippen molar-refractivity contribution >= 4 is 11.9 Å². The molecule has 24 heavy (non-hydrogen) atoms. The van der Waals surface area contributed by atoms with Crippen LogP contribution in [0.4, 0.5) is 0 Å². The van der Waals surface area contributed by atoms with Crippen molar-refractivity contribution < 1.29 is 28.5 Å². The van der Waals surface area contributed by atoms with Gasteiger partial charge in [-0.3, -0.25) is 0 Å². The topological polar surface area (TPSA) is 71.1 Å². The molecule has 0 atom stereocenters. The second kappa shape index (κ2) is 8.01. The van der Waals surface area contributed by atoms with E-state index in [2.05, 4.69) is 0 Å². The zero-order chi connectivity index (χ0) is 17.5. The van der Waals surface area contributed by atoms with Gasteiger partial charge in [0.15, 0.2) is 11.5 Å². The summed E-state index contributed by atoms with van der Waals surface area (Å²) in [5, 5.41) is 0. The number of methoxy groups -OCH3 is 2. The Balaban J connectivity index is 2.20. The lowest BCUT2D eigenvalue weighted by Crippen LogP contribution is -2.11. The molecule has 0 amide bonds. The highest BCUT2D eigenvalue weighted by Crippen LogP contribution is 2.37. The number of carbonyl (C=O) groups excluding carboxylic acids is 2. The molecule has 2 aromatic rings. The van der Waals surface area contributed by atoms with E-state index in [1.807, 2.05) is 0 Å². The monoisotopic (exact) mass is 330 g/mol. The lowest BCUT2D eigenvalue weighted by Gasteiger charge is -2.12. The highest BCUT2D eigenvalue weighted by molar-refractivity contribution is 5.94. The molecule has 2 aromatic carbocycles. The summed E-state index contributed by atoms with van der Waals surface area (Å²) in [6, 6.07) is 11.1. The fourth-order valence-corrected chi connectivity index (χ4v) is 2.03. The van der Waals surface area contributed by atoms with Crippen LogP contribution in [0.25, 0.3) is 0 Å². The maximum absolute atomic E-state index is 12.3. The first-order valence-corrected chi connectivity index (χ1v) is 7.31. The highest BCUT2D eigenvalue weighted by atomic mass is 16.6. The Labute approximate surface area is 139 Å². The summed E-state index contributed by atoms with van der Waals surface area (Å²) in [6.07, 6.45) is 0. The van der Waals surface area contributed by atoms with E-state index >= 15 is 0 Å². The molecule has 0 aromatic heterocycles. The summed E-state index contributed by atoms with van der Waals surface area (Å²) >= 11 is 0. The van der Waals surface area contributed by atoms with Gasteiger partial charge in [-0.1, -0.05) is 6.07 Å². The molecule has 0 unspecified atom stereocenters. The second-order valence-electron chi connectivity index (χ2n) is 4.68. The van der Waals surface area contributed by atoms with E-state index in [1.54, 1.807) is 25.1 Å². The molecule has 0 fully saturated rings. The molecule has 126 valence electrons. The van der Waals surface area contributed by atoms with Crippen LogP contribution in [0.1, 0.15) is 27.6 Å². The van der Waals surface area contributed by atoms with Crippen LogP contribution in [-0.2, 0) is 4.74 Å². The summed E-state index contributed by atoms with van der Waals surface area (Å²) in [7, 11) is 2.94. The molecule has 0 N–H and O–H groups in total. The molecule has 0 aliphatic carbocycles. The van der Waals surface area contributed by atoms with Gasteiger partial charge in [-0.25, -0.2) is 9.59 Å². The van der Waals surface area contributed by atoms with E-state index in [0.29, 0.717) is 17.1 Å². The Morgan fingerprint density at radius 1 is 0.833 bits per heavy atom. The zero-order valence-corrected chi connectivity index (χ0v) is 13.7. The summed E-state index contributed by atoms with van der Waals surface area (Å²) in [6.45, 7) is 2.01. The van der Waals surface area contributed by atoms with E-state index in [0.717, 1.165) is 0 Å². The average molecular weight is 330 g/mol. The first-order valence-electron chi connectivity index (χ1n) is 7.31. The van der Waals surface area contributed by atoms with Gasteiger partial charge < -0.3 is 18.9 Å². The number of esters is 2. The Hall–Kier alpha value is -3.02. The van der Waals surface area contributed by atoms with Crippen LogP contribution in [0.5, 0.6) is 17.2 Å². The lowest BCUT2D eigenvalue weighted by atomic mass is 10.1. The van der Waals surface area contributed by atoms with Crippen molar-refractivity contribution in [2.75, 3.05) is 20.8 Å². The Bertz CT molecular complexity index is 699. The van der Waals surface area contributed by atoms with Crippen molar-refractivity contribution in [1.82, 2.24) is 0 Å². The summed E-state index contributed by atoms with van der Waals surface area (Å²) in [5.41, 5.74) is 0.652. The molecule has 6 nitrogen and oxygen atoms in total. The van der Waals surface area contributed by atoms with E-state index < -0.39 is 11.9 Å². The maximum Gasteiger partial charge on any atom is 0.343 e. The van der Waals surface area contributed by atoms with Crippen LogP contribution in [0.2, 0.25) is 0 Å². The molecular formula is C18H18O6. The largest absolute Gasteiger partial charge is 0.493 e. The van der Waals surface area contributed by atoms with Crippen molar-refractivity contribution in [2.45, 2.75) is 6.92 Å². The summed E-state index contributed by atoms with van der Waals surface area (Å²) < 4.78 is 20.7. The molecule has 0 aliphatic rings. The van der Waals surface area contributed by atoms with Gasteiger partial charge >= 0.3 is 11.9 Å². The molecule has 2 rings (SSSR count). The van der Waals surface area contributed by atoms with E-state index in [1.165, 1.54) is 38.5 Å². The molecule has 6 heteroatoms. The molecule has 0 heterocycles. The van der Waals surface area contributed by atoms with Crippen LogP contribution in [0.15, 0.2) is 42.5 Å². The van der Waals surface area contributed by atoms with Gasteiger partial charge in [-0.15, -0.1) is 0 Å². The molecule has 0 saturated carbocycles. The standard InChI is InChI=1S/C18H18O6/c1-4-23-17(19)12-8-10-13(11-9-12)18(20)24-16-14(21-2)6-5-7-15(16)22-3/h5-11H,4H2,1-3H3. The first-order chi connectivity index (χ1) is 11.6. The van der Waals surface area contributed by atoms with Crippen molar-refractivity contribution in [3.8, 4) is 17.2 Å². The first kappa shape index (κ1) is 17.3. The smallest absolute Gasteiger partial charge is 0.343 e. The predicted octanol–water partition coefficient (Wildman–Crippen LogP) is 3.10. The number of carbonyl (C=O) groups is 2. The predicted molar refractivity (Wildman–Crippen MR) is 86.9 cm³/mol. The van der Waals surface area contributed by atoms with Crippen LogP contribution < -0.4 is 14.2 Å². The molecule has 0 saturated heterocycles. The second-order valence-corrected chi connectivity index (χ2v) is 4.68. The number of ether oxygens (including phenoxy) is 4. The van der Waals surface area contributed by atoms with Crippen molar-refractivity contribution in [3.63, 3.8) is 0 Å². The van der Waals surface area contributed by atoms with Gasteiger partial charge in [0.2, 0.25) is 5.75 Å². The lowest BCUT2D eigenvalue weighted by molar-refractivity contribution is 0.0525. The molecule has 0 spiro atoms. The SMILES string of the molecule is CCOC(=O)c1ccc(C(=O)Oc2c(OC)cccc2OC)cc1. The van der Waals surface area contributed by atoms with Crippen LogP contribution >= 0.6 is 0 Å². The molecular weight excluding hydrogens is 312 g/mol. The Morgan fingerprint density at radius 3 is 1.79 bits per heavy atom. The van der Waals surface area contributed by atoms with Crippen molar-refractivity contribution in [2.24, 2.45) is 0 Å². The van der Waals surface area contributed by atoms with E-state index in [9.17, 15) is 9.59 Å². The Kier molecular flexibility index (Phi) is 5.78. The van der Waals surface area contributed by atoms with Gasteiger partial charge in [0, 0.05) is 0 Å². The fourth-order valence-electron chi connectivity index (χ4n) is 2.03. The van der Waals surface area contributed by atoms with Gasteiger partial charge in [0.1, 0.15) is 0 Å². The third-order valence-corrected chi connectivity index (χ3v) is 3.21. The van der Waals surface area contributed by atoms with Crippen LogP contribution in [0, 0.1) is 0 Å². The summed E-state index contributed by atoms with van der Waals surface area (Å²) in [5.74, 6) is -0.0734. The third-order valence-electron chi connectivity index (χ3n) is 3.21. The van der Waals surface area contributed by atoms with Crippen LogP contribution in [-0.4, -0.2) is 32.8 Å². The number of benzene rings is 2. The number of hydrogen-bond donors (Lipinski definition) is 0. The molecule has 0 aliphatic heterocycles. The number of rotatable bonds is 6. The van der Waals surface area contributed by atoms with Crippen molar-refractivity contribution in [1.29, 1.82) is 0 Å². The van der Waals surface area contributed by atoms with Gasteiger partial charge in [0.25, 0.3) is 0 Å². The van der Waals surface area contributed by atoms with E-state index in [4.69, 9.17) is 18.9 Å². The highest BCUT2D eigenvalue weighted by Gasteiger charge is 2.17. The van der Waals surface area contributed by atoms with Gasteiger partial charge in [0.05, 0.1) is 32.0 Å². The van der Waals surface area contributed by atoms with Gasteiger partial charge in [-0.05, 0) is 43.3 Å².